The number of hydrogen-bond acceptors (Lipinski definition) is 1. The maximum Gasteiger partial charge on any atom is 0.0366 e. The van der Waals surface area contributed by atoms with Gasteiger partial charge in [0.1, 0.15) is 0 Å². The monoisotopic (exact) mass is 233 g/mol. The van der Waals surface area contributed by atoms with Crippen LogP contribution in [0.4, 0.5) is 5.69 Å². The van der Waals surface area contributed by atoms with Crippen LogP contribution in [0.25, 0.3) is 0 Å². The number of hydrogen-bond donors (Lipinski definition) is 0. The molecule has 1 aliphatic heterocycles. The van der Waals surface area contributed by atoms with Gasteiger partial charge >= 0.3 is 0 Å². The Hall–Kier alpha value is -0.980. The van der Waals surface area contributed by atoms with Crippen molar-refractivity contribution in [1.82, 2.24) is 0 Å². The van der Waals surface area contributed by atoms with Crippen molar-refractivity contribution in [3.05, 3.63) is 29.8 Å². The Balaban J connectivity index is 0.000000437. The summed E-state index contributed by atoms with van der Waals surface area (Å²) in [5, 5.41) is 0. The number of anilines is 1. The lowest BCUT2D eigenvalue weighted by molar-refractivity contribution is 0.438. The Morgan fingerprint density at radius 1 is 1.06 bits per heavy atom. The van der Waals surface area contributed by atoms with E-state index in [1.165, 1.54) is 43.6 Å². The van der Waals surface area contributed by atoms with E-state index in [-0.39, 0.29) is 0 Å². The fourth-order valence-electron chi connectivity index (χ4n) is 2.02. The van der Waals surface area contributed by atoms with Crippen molar-refractivity contribution in [2.75, 3.05) is 18.0 Å². The van der Waals surface area contributed by atoms with Crippen molar-refractivity contribution < 1.29 is 0 Å². The average Bonchev–Trinajstić information content (AvgIpc) is 2.32. The van der Waals surface area contributed by atoms with Crippen molar-refractivity contribution in [2.45, 2.75) is 47.0 Å². The van der Waals surface area contributed by atoms with Crippen LogP contribution in [-0.2, 0) is 0 Å². The van der Waals surface area contributed by atoms with E-state index in [9.17, 15) is 0 Å². The van der Waals surface area contributed by atoms with Crippen molar-refractivity contribution >= 4 is 5.69 Å². The predicted molar refractivity (Wildman–Crippen MR) is 77.8 cm³/mol. The first kappa shape index (κ1) is 14.1. The molecule has 1 aromatic carbocycles. The number of nitrogens with zero attached hydrogens (tertiary/aromatic N) is 1. The summed E-state index contributed by atoms with van der Waals surface area (Å²) in [7, 11) is 0. The maximum absolute atomic E-state index is 2.50. The highest BCUT2D eigenvalue weighted by atomic mass is 15.1. The number of benzene rings is 1. The third kappa shape index (κ3) is 4.80. The van der Waals surface area contributed by atoms with Gasteiger partial charge in [0, 0.05) is 18.8 Å². The minimum absolute atomic E-state index is 0.914. The van der Waals surface area contributed by atoms with Gasteiger partial charge in [0.25, 0.3) is 0 Å². The largest absolute Gasteiger partial charge is 0.372 e. The molecule has 0 unspecified atom stereocenters. The fourth-order valence-corrected chi connectivity index (χ4v) is 2.02. The van der Waals surface area contributed by atoms with Crippen LogP contribution in [0.3, 0.4) is 0 Å². The van der Waals surface area contributed by atoms with E-state index in [0.717, 1.165) is 5.92 Å². The van der Waals surface area contributed by atoms with E-state index >= 15 is 0 Å². The molecule has 0 radical (unpaired) electrons. The summed E-state index contributed by atoms with van der Waals surface area (Å²) < 4.78 is 0. The lowest BCUT2D eigenvalue weighted by Crippen LogP contribution is -2.32. The molecule has 1 aliphatic rings. The third-order valence-electron chi connectivity index (χ3n) is 3.18. The molecule has 0 atom stereocenters. The smallest absolute Gasteiger partial charge is 0.0366 e. The van der Waals surface area contributed by atoms with Crippen molar-refractivity contribution in [2.24, 2.45) is 5.92 Å². The van der Waals surface area contributed by atoms with Crippen LogP contribution in [0, 0.1) is 12.8 Å². The van der Waals surface area contributed by atoms with Crippen molar-refractivity contribution in [3.8, 4) is 0 Å². The van der Waals surface area contributed by atoms with E-state index in [0.29, 0.717) is 0 Å². The average molecular weight is 233 g/mol. The van der Waals surface area contributed by atoms with E-state index < -0.39 is 0 Å². The first-order valence-corrected chi connectivity index (χ1v) is 6.99. The minimum Gasteiger partial charge on any atom is -0.372 e. The van der Waals surface area contributed by atoms with Crippen LogP contribution in [0.5, 0.6) is 0 Å². The lowest BCUT2D eigenvalue weighted by Gasteiger charge is -2.32. The van der Waals surface area contributed by atoms with Crippen LogP contribution in [0.1, 0.15) is 45.6 Å². The highest BCUT2D eigenvalue weighted by Gasteiger charge is 2.15. The summed E-state index contributed by atoms with van der Waals surface area (Å²) in [6, 6.07) is 8.89. The van der Waals surface area contributed by atoms with Gasteiger partial charge in [-0.05, 0) is 37.8 Å². The third-order valence-corrected chi connectivity index (χ3v) is 3.18. The van der Waals surface area contributed by atoms with Gasteiger partial charge in [0.15, 0.2) is 0 Å². The molecular formula is C16H27N. The minimum atomic E-state index is 0.914. The summed E-state index contributed by atoms with van der Waals surface area (Å²) in [5.74, 6) is 0.914. The zero-order valence-corrected chi connectivity index (χ0v) is 11.9. The van der Waals surface area contributed by atoms with Crippen LogP contribution in [0.2, 0.25) is 0 Å². The molecule has 0 aromatic heterocycles. The van der Waals surface area contributed by atoms with Gasteiger partial charge < -0.3 is 4.90 Å². The number of rotatable bonds is 1. The maximum atomic E-state index is 2.50. The molecule has 1 heteroatoms. The zero-order chi connectivity index (χ0) is 12.7. The normalized spacial score (nSPS) is 16.4. The molecule has 0 amide bonds. The van der Waals surface area contributed by atoms with E-state index in [1.54, 1.807) is 0 Å². The Labute approximate surface area is 107 Å². The Kier molecular flexibility index (Phi) is 6.10. The number of aryl methyl sites for hydroxylation is 1. The van der Waals surface area contributed by atoms with Gasteiger partial charge in [-0.25, -0.2) is 0 Å². The summed E-state index contributed by atoms with van der Waals surface area (Å²) >= 11 is 0. The Morgan fingerprint density at radius 2 is 1.53 bits per heavy atom. The van der Waals surface area contributed by atoms with Gasteiger partial charge in [-0.3, -0.25) is 0 Å². The molecular weight excluding hydrogens is 206 g/mol. The second kappa shape index (κ2) is 7.37. The van der Waals surface area contributed by atoms with Gasteiger partial charge in [0.2, 0.25) is 0 Å². The molecule has 0 spiro atoms. The highest BCUT2D eigenvalue weighted by Crippen LogP contribution is 2.22. The van der Waals surface area contributed by atoms with Gasteiger partial charge in [-0.1, -0.05) is 44.9 Å². The van der Waals surface area contributed by atoms with E-state index in [4.69, 9.17) is 0 Å². The quantitative estimate of drug-likeness (QED) is 0.682. The molecule has 1 nitrogen and oxygen atoms in total. The predicted octanol–water partition coefficient (Wildman–Crippen LogP) is 4.65. The topological polar surface area (TPSA) is 3.24 Å². The lowest BCUT2D eigenvalue weighted by atomic mass is 9.99. The summed E-state index contributed by atoms with van der Waals surface area (Å²) in [4.78, 5) is 2.50. The molecule has 1 fully saturated rings. The first-order valence-electron chi connectivity index (χ1n) is 6.99. The summed E-state index contributed by atoms with van der Waals surface area (Å²) in [5.41, 5.74) is 2.74. The highest BCUT2D eigenvalue weighted by molar-refractivity contribution is 5.47. The van der Waals surface area contributed by atoms with Gasteiger partial charge in [-0.2, -0.15) is 0 Å². The van der Waals surface area contributed by atoms with E-state index in [2.05, 4.69) is 56.9 Å². The zero-order valence-electron chi connectivity index (χ0n) is 11.9. The van der Waals surface area contributed by atoms with Crippen LogP contribution >= 0.6 is 0 Å². The fraction of sp³-hybridized carbons (Fsp3) is 0.625. The molecule has 2 rings (SSSR count). The first-order chi connectivity index (χ1) is 8.17. The molecule has 17 heavy (non-hydrogen) atoms. The van der Waals surface area contributed by atoms with Crippen LogP contribution in [-0.4, -0.2) is 13.1 Å². The van der Waals surface area contributed by atoms with Crippen LogP contribution in [0.15, 0.2) is 24.3 Å². The van der Waals surface area contributed by atoms with E-state index in [1.807, 2.05) is 0 Å². The molecule has 0 aliphatic carbocycles. The Bertz CT molecular complexity index is 294. The molecule has 0 bridgehead atoms. The summed E-state index contributed by atoms with van der Waals surface area (Å²) in [6.07, 6.45) is 3.93. The molecule has 1 heterocycles. The SMILES string of the molecule is CCC.Cc1ccc(N2CCC(C)CC2)cc1. The Morgan fingerprint density at radius 3 is 2.00 bits per heavy atom. The standard InChI is InChI=1S/C13H19N.C3H8/c1-11-3-5-13(6-4-11)14-9-7-12(2)8-10-14;1-3-2/h3-6,12H,7-10H2,1-2H3;3H2,1-2H3. The van der Waals surface area contributed by atoms with Crippen molar-refractivity contribution in [3.63, 3.8) is 0 Å². The van der Waals surface area contributed by atoms with Gasteiger partial charge in [0.05, 0.1) is 0 Å². The molecule has 0 saturated carbocycles. The molecule has 0 N–H and O–H groups in total. The molecule has 96 valence electrons. The van der Waals surface area contributed by atoms with Crippen LogP contribution < -0.4 is 4.90 Å². The molecule has 1 aromatic rings. The summed E-state index contributed by atoms with van der Waals surface area (Å²) in [6.45, 7) is 11.2. The second-order valence-electron chi connectivity index (χ2n) is 5.21. The van der Waals surface area contributed by atoms with Crippen molar-refractivity contribution in [1.29, 1.82) is 0 Å². The second-order valence-corrected chi connectivity index (χ2v) is 5.21. The molecule has 1 saturated heterocycles. The number of piperidine rings is 1. The van der Waals surface area contributed by atoms with Gasteiger partial charge in [-0.15, -0.1) is 0 Å².